The molecule has 5 heteroatoms. The molecule has 0 spiro atoms. The first-order chi connectivity index (χ1) is 5.25. The van der Waals surface area contributed by atoms with E-state index in [1.165, 1.54) is 0 Å². The van der Waals surface area contributed by atoms with E-state index in [-0.39, 0.29) is 11.6 Å². The van der Waals surface area contributed by atoms with Crippen molar-refractivity contribution in [2.24, 2.45) is 5.73 Å². The average Bonchev–Trinajstić information content (AvgIpc) is 2.36. The fourth-order valence-electron chi connectivity index (χ4n) is 0.822. The largest absolute Gasteiger partial charge is 0.395 e. The summed E-state index contributed by atoms with van der Waals surface area (Å²) < 4.78 is 1.71. The quantitative estimate of drug-likeness (QED) is 0.602. The van der Waals surface area contributed by atoms with E-state index < -0.39 is 0 Å². The first kappa shape index (κ1) is 8.16. The van der Waals surface area contributed by atoms with Crippen molar-refractivity contribution in [2.75, 3.05) is 6.61 Å². The van der Waals surface area contributed by atoms with Crippen molar-refractivity contribution in [2.45, 2.75) is 6.54 Å². The number of rotatable bonds is 3. The minimum absolute atomic E-state index is 0.0615. The van der Waals surface area contributed by atoms with Crippen LogP contribution in [0.25, 0.3) is 0 Å². The summed E-state index contributed by atoms with van der Waals surface area (Å²) >= 11 is 4.73. The van der Waals surface area contributed by atoms with Crippen LogP contribution in [-0.4, -0.2) is 26.3 Å². The maximum absolute atomic E-state index is 8.61. The van der Waals surface area contributed by atoms with Gasteiger partial charge in [-0.15, -0.1) is 0 Å². The highest BCUT2D eigenvalue weighted by Crippen LogP contribution is 1.95. The highest BCUT2D eigenvalue weighted by molar-refractivity contribution is 7.80. The number of imidazole rings is 1. The molecule has 1 aromatic heterocycles. The fraction of sp³-hybridized carbons (Fsp3) is 0.333. The Morgan fingerprint density at radius 1 is 1.82 bits per heavy atom. The predicted molar refractivity (Wildman–Crippen MR) is 45.2 cm³/mol. The number of aliphatic hydroxyl groups excluding tert-OH is 1. The second-order valence-electron chi connectivity index (χ2n) is 2.03. The van der Waals surface area contributed by atoms with Crippen molar-refractivity contribution in [3.8, 4) is 0 Å². The third-order valence-electron chi connectivity index (χ3n) is 1.28. The van der Waals surface area contributed by atoms with Gasteiger partial charge in [-0.05, 0) is 0 Å². The van der Waals surface area contributed by atoms with E-state index in [1.54, 1.807) is 17.0 Å². The summed E-state index contributed by atoms with van der Waals surface area (Å²) in [5.41, 5.74) is 5.36. The lowest BCUT2D eigenvalue weighted by molar-refractivity contribution is 0.275. The van der Waals surface area contributed by atoms with E-state index in [4.69, 9.17) is 23.1 Å². The third kappa shape index (κ3) is 1.75. The predicted octanol–water partition coefficient (Wildman–Crippen LogP) is -0.490. The first-order valence-corrected chi connectivity index (χ1v) is 3.58. The zero-order valence-corrected chi connectivity index (χ0v) is 6.71. The number of aliphatic hydroxyl groups is 1. The van der Waals surface area contributed by atoms with Gasteiger partial charge in [0.2, 0.25) is 0 Å². The Labute approximate surface area is 69.7 Å². The zero-order chi connectivity index (χ0) is 8.27. The first-order valence-electron chi connectivity index (χ1n) is 3.17. The van der Waals surface area contributed by atoms with Crippen LogP contribution in [0.3, 0.4) is 0 Å². The van der Waals surface area contributed by atoms with Crippen LogP contribution in [0.15, 0.2) is 12.4 Å². The van der Waals surface area contributed by atoms with Crippen LogP contribution in [0.5, 0.6) is 0 Å². The van der Waals surface area contributed by atoms with Crippen LogP contribution in [0.2, 0.25) is 0 Å². The van der Waals surface area contributed by atoms with Crippen LogP contribution >= 0.6 is 12.2 Å². The van der Waals surface area contributed by atoms with E-state index in [9.17, 15) is 0 Å². The number of hydrogen-bond acceptors (Lipinski definition) is 3. The second-order valence-corrected chi connectivity index (χ2v) is 2.47. The van der Waals surface area contributed by atoms with E-state index >= 15 is 0 Å². The standard InChI is InChI=1S/C6H9N3OS/c7-5(11)6-8-1-2-9(6)3-4-10/h1-2,10H,3-4H2,(H2,7,11). The van der Waals surface area contributed by atoms with Crippen molar-refractivity contribution < 1.29 is 5.11 Å². The van der Waals surface area contributed by atoms with Crippen molar-refractivity contribution in [1.82, 2.24) is 9.55 Å². The highest BCUT2D eigenvalue weighted by atomic mass is 32.1. The van der Waals surface area contributed by atoms with E-state index in [0.717, 1.165) is 0 Å². The number of aromatic nitrogens is 2. The maximum atomic E-state index is 8.61. The van der Waals surface area contributed by atoms with Crippen molar-refractivity contribution in [3.05, 3.63) is 18.2 Å². The van der Waals surface area contributed by atoms with E-state index in [1.807, 2.05) is 0 Å². The molecule has 0 atom stereocenters. The number of hydrogen-bond donors (Lipinski definition) is 2. The van der Waals surface area contributed by atoms with Crippen molar-refractivity contribution in [1.29, 1.82) is 0 Å². The van der Waals surface area contributed by atoms with Crippen LogP contribution in [-0.2, 0) is 6.54 Å². The Morgan fingerprint density at radius 2 is 2.55 bits per heavy atom. The molecule has 0 saturated heterocycles. The minimum Gasteiger partial charge on any atom is -0.395 e. The van der Waals surface area contributed by atoms with Gasteiger partial charge in [0, 0.05) is 18.9 Å². The summed E-state index contributed by atoms with van der Waals surface area (Å²) in [4.78, 5) is 4.17. The molecule has 3 N–H and O–H groups in total. The molecule has 4 nitrogen and oxygen atoms in total. The van der Waals surface area contributed by atoms with Gasteiger partial charge < -0.3 is 15.4 Å². The molecule has 0 aliphatic carbocycles. The SMILES string of the molecule is NC(=S)c1nccn1CCO. The van der Waals surface area contributed by atoms with Gasteiger partial charge in [0.25, 0.3) is 0 Å². The normalized spacial score (nSPS) is 9.91. The molecule has 60 valence electrons. The maximum Gasteiger partial charge on any atom is 0.167 e. The Morgan fingerprint density at radius 3 is 3.09 bits per heavy atom. The third-order valence-corrected chi connectivity index (χ3v) is 1.46. The molecule has 0 saturated carbocycles. The molecule has 1 heterocycles. The van der Waals surface area contributed by atoms with Gasteiger partial charge in [0.1, 0.15) is 4.99 Å². The summed E-state index contributed by atoms with van der Waals surface area (Å²) in [6.45, 7) is 0.540. The summed E-state index contributed by atoms with van der Waals surface area (Å²) in [7, 11) is 0. The van der Waals surface area contributed by atoms with E-state index in [2.05, 4.69) is 4.98 Å². The summed E-state index contributed by atoms with van der Waals surface area (Å²) in [6, 6.07) is 0. The lowest BCUT2D eigenvalue weighted by atomic mass is 10.5. The van der Waals surface area contributed by atoms with Gasteiger partial charge in [-0.3, -0.25) is 0 Å². The van der Waals surface area contributed by atoms with Gasteiger partial charge in [-0.1, -0.05) is 12.2 Å². The Kier molecular flexibility index (Phi) is 2.56. The highest BCUT2D eigenvalue weighted by Gasteiger charge is 2.03. The average molecular weight is 171 g/mol. The van der Waals surface area contributed by atoms with Crippen LogP contribution < -0.4 is 5.73 Å². The lowest BCUT2D eigenvalue weighted by Crippen LogP contribution is -2.17. The second kappa shape index (κ2) is 3.45. The number of thiocarbonyl (C=S) groups is 1. The molecule has 11 heavy (non-hydrogen) atoms. The monoisotopic (exact) mass is 171 g/mol. The molecule has 1 aromatic rings. The zero-order valence-electron chi connectivity index (χ0n) is 5.90. The minimum atomic E-state index is 0.0615. The smallest absolute Gasteiger partial charge is 0.167 e. The molecular formula is C6H9N3OS. The molecular weight excluding hydrogens is 162 g/mol. The molecule has 0 amide bonds. The number of nitrogens with zero attached hydrogens (tertiary/aromatic N) is 2. The van der Waals surface area contributed by atoms with Gasteiger partial charge in [-0.25, -0.2) is 4.98 Å². The molecule has 1 rings (SSSR count). The summed E-state index contributed by atoms with van der Waals surface area (Å²) in [6.07, 6.45) is 3.33. The van der Waals surface area contributed by atoms with Gasteiger partial charge in [0.15, 0.2) is 5.82 Å². The van der Waals surface area contributed by atoms with Crippen molar-refractivity contribution in [3.63, 3.8) is 0 Å². The number of nitrogens with two attached hydrogens (primary N) is 1. The molecule has 0 aromatic carbocycles. The lowest BCUT2D eigenvalue weighted by Gasteiger charge is -2.02. The molecule has 0 radical (unpaired) electrons. The van der Waals surface area contributed by atoms with Crippen LogP contribution in [0.4, 0.5) is 0 Å². The summed E-state index contributed by atoms with van der Waals surface area (Å²) in [5, 5.41) is 8.61. The molecule has 0 bridgehead atoms. The summed E-state index contributed by atoms with van der Waals surface area (Å²) in [5.74, 6) is 0.550. The molecule has 0 unspecified atom stereocenters. The van der Waals surface area contributed by atoms with E-state index in [0.29, 0.717) is 12.4 Å². The van der Waals surface area contributed by atoms with Crippen LogP contribution in [0, 0.1) is 0 Å². The Balaban J connectivity index is 2.87. The van der Waals surface area contributed by atoms with Crippen molar-refractivity contribution >= 4 is 17.2 Å². The Bertz CT molecular complexity index is 258. The van der Waals surface area contributed by atoms with Gasteiger partial charge >= 0.3 is 0 Å². The molecule has 0 fully saturated rings. The molecule has 0 aliphatic heterocycles. The molecule has 0 aliphatic rings. The van der Waals surface area contributed by atoms with Gasteiger partial charge in [0.05, 0.1) is 6.61 Å². The van der Waals surface area contributed by atoms with Gasteiger partial charge in [-0.2, -0.15) is 0 Å². The topological polar surface area (TPSA) is 64.1 Å². The van der Waals surface area contributed by atoms with Crippen LogP contribution in [0.1, 0.15) is 5.82 Å². The fourth-order valence-corrected chi connectivity index (χ4v) is 0.992. The Hall–Kier alpha value is -0.940.